The zero-order valence-corrected chi connectivity index (χ0v) is 14.8. The number of aromatic nitrogens is 1. The van der Waals surface area contributed by atoms with E-state index in [0.717, 1.165) is 14.5 Å². The van der Waals surface area contributed by atoms with Gasteiger partial charge in [0.2, 0.25) is 0 Å². The van der Waals surface area contributed by atoms with Gasteiger partial charge in [-0.3, -0.25) is 9.78 Å². The Balaban J connectivity index is 2.03. The van der Waals surface area contributed by atoms with Crippen molar-refractivity contribution in [3.63, 3.8) is 0 Å². The highest BCUT2D eigenvalue weighted by Crippen LogP contribution is 2.20. The van der Waals surface area contributed by atoms with E-state index < -0.39 is 0 Å². The van der Waals surface area contributed by atoms with Crippen molar-refractivity contribution < 1.29 is 4.79 Å². The van der Waals surface area contributed by atoms with Crippen LogP contribution in [0.5, 0.6) is 0 Å². The number of halogens is 2. The van der Waals surface area contributed by atoms with Crippen molar-refractivity contribution in [1.29, 1.82) is 0 Å². The number of benzene rings is 1. The van der Waals surface area contributed by atoms with E-state index in [-0.39, 0.29) is 5.91 Å². The molecule has 1 aromatic carbocycles. The molecular formula is C15H14BrIN2O. The molecule has 0 spiro atoms. The Morgan fingerprint density at radius 3 is 2.70 bits per heavy atom. The van der Waals surface area contributed by atoms with Gasteiger partial charge in [0.1, 0.15) is 0 Å². The summed E-state index contributed by atoms with van der Waals surface area (Å²) in [7, 11) is 1.83. The van der Waals surface area contributed by atoms with Gasteiger partial charge in [-0.2, -0.15) is 0 Å². The summed E-state index contributed by atoms with van der Waals surface area (Å²) in [6.07, 6.45) is 4.37. The molecule has 0 unspecified atom stereocenters. The largest absolute Gasteiger partial charge is 0.341 e. The predicted molar refractivity (Wildman–Crippen MR) is 91.8 cm³/mol. The van der Waals surface area contributed by atoms with Crippen LogP contribution in [-0.2, 0) is 6.42 Å². The molecule has 1 heterocycles. The molecule has 0 atom stereocenters. The third kappa shape index (κ3) is 4.02. The fourth-order valence-corrected chi connectivity index (χ4v) is 2.72. The number of likely N-dealkylation sites (N-methyl/N-ethyl adjacent to an activating group) is 1. The minimum atomic E-state index is 0.0319. The van der Waals surface area contributed by atoms with Crippen molar-refractivity contribution in [2.75, 3.05) is 13.6 Å². The van der Waals surface area contributed by atoms with Crippen LogP contribution < -0.4 is 0 Å². The van der Waals surface area contributed by atoms with E-state index in [4.69, 9.17) is 0 Å². The monoisotopic (exact) mass is 444 g/mol. The molecule has 0 aliphatic rings. The first-order valence-corrected chi connectivity index (χ1v) is 8.04. The summed E-state index contributed by atoms with van der Waals surface area (Å²) in [5, 5.41) is 0. The van der Waals surface area contributed by atoms with Crippen LogP contribution in [0.2, 0.25) is 0 Å². The molecule has 0 saturated heterocycles. The SMILES string of the molecule is CN(CCc1ccncc1)C(=O)c1cc(I)ccc1Br. The Morgan fingerprint density at radius 1 is 1.30 bits per heavy atom. The number of nitrogens with zero attached hydrogens (tertiary/aromatic N) is 2. The van der Waals surface area contributed by atoms with Crippen LogP contribution in [-0.4, -0.2) is 29.4 Å². The summed E-state index contributed by atoms with van der Waals surface area (Å²) in [6, 6.07) is 9.72. The Labute approximate surface area is 140 Å². The molecule has 2 aromatic rings. The number of hydrogen-bond acceptors (Lipinski definition) is 2. The third-order valence-electron chi connectivity index (χ3n) is 2.99. The molecule has 0 bridgehead atoms. The van der Waals surface area contributed by atoms with Gasteiger partial charge in [0, 0.05) is 34.0 Å². The quantitative estimate of drug-likeness (QED) is 0.672. The molecule has 1 amide bonds. The first kappa shape index (κ1) is 15.4. The van der Waals surface area contributed by atoms with Crippen molar-refractivity contribution >= 4 is 44.4 Å². The van der Waals surface area contributed by atoms with Crippen molar-refractivity contribution in [2.45, 2.75) is 6.42 Å². The first-order chi connectivity index (χ1) is 9.58. The number of hydrogen-bond donors (Lipinski definition) is 0. The van der Waals surface area contributed by atoms with Gasteiger partial charge in [0.15, 0.2) is 0 Å². The highest BCUT2D eigenvalue weighted by atomic mass is 127. The second-order valence-corrected chi connectivity index (χ2v) is 6.56. The number of amides is 1. The Bertz CT molecular complexity index is 604. The van der Waals surface area contributed by atoms with E-state index in [1.807, 2.05) is 37.4 Å². The molecule has 0 saturated carbocycles. The first-order valence-electron chi connectivity index (χ1n) is 6.17. The topological polar surface area (TPSA) is 33.2 Å². The lowest BCUT2D eigenvalue weighted by molar-refractivity contribution is 0.0795. The van der Waals surface area contributed by atoms with Crippen molar-refractivity contribution in [3.05, 3.63) is 61.9 Å². The highest BCUT2D eigenvalue weighted by molar-refractivity contribution is 14.1. The summed E-state index contributed by atoms with van der Waals surface area (Å²) < 4.78 is 1.88. The lowest BCUT2D eigenvalue weighted by Crippen LogP contribution is -2.29. The zero-order valence-electron chi connectivity index (χ0n) is 11.0. The smallest absolute Gasteiger partial charge is 0.254 e. The Morgan fingerprint density at radius 2 is 2.00 bits per heavy atom. The maximum atomic E-state index is 12.4. The summed E-state index contributed by atoms with van der Waals surface area (Å²) in [5.41, 5.74) is 1.88. The van der Waals surface area contributed by atoms with Crippen LogP contribution in [0.1, 0.15) is 15.9 Å². The molecule has 5 heteroatoms. The van der Waals surface area contributed by atoms with Crippen LogP contribution in [0.3, 0.4) is 0 Å². The second-order valence-electron chi connectivity index (χ2n) is 4.46. The average Bonchev–Trinajstić information content (AvgIpc) is 2.47. The number of carbonyl (C=O) groups excluding carboxylic acids is 1. The summed E-state index contributed by atoms with van der Waals surface area (Å²) in [5.74, 6) is 0.0319. The van der Waals surface area contributed by atoms with Gasteiger partial charge >= 0.3 is 0 Å². The van der Waals surface area contributed by atoms with Crippen molar-refractivity contribution in [2.24, 2.45) is 0 Å². The maximum Gasteiger partial charge on any atom is 0.254 e. The molecule has 3 nitrogen and oxygen atoms in total. The van der Waals surface area contributed by atoms with E-state index in [1.54, 1.807) is 17.3 Å². The fraction of sp³-hybridized carbons (Fsp3) is 0.200. The number of rotatable bonds is 4. The molecule has 104 valence electrons. The normalized spacial score (nSPS) is 10.3. The summed E-state index contributed by atoms with van der Waals surface area (Å²) in [4.78, 5) is 18.2. The van der Waals surface area contributed by atoms with E-state index in [1.165, 1.54) is 5.56 Å². The molecule has 2 rings (SSSR count). The van der Waals surface area contributed by atoms with Crippen LogP contribution in [0.15, 0.2) is 47.2 Å². The van der Waals surface area contributed by atoms with Gasteiger partial charge in [-0.15, -0.1) is 0 Å². The van der Waals surface area contributed by atoms with Crippen LogP contribution in [0.4, 0.5) is 0 Å². The zero-order chi connectivity index (χ0) is 14.5. The average molecular weight is 445 g/mol. The lowest BCUT2D eigenvalue weighted by Gasteiger charge is -2.18. The van der Waals surface area contributed by atoms with Crippen molar-refractivity contribution in [1.82, 2.24) is 9.88 Å². The maximum absolute atomic E-state index is 12.4. The van der Waals surface area contributed by atoms with Gasteiger partial charge in [0.25, 0.3) is 5.91 Å². The minimum Gasteiger partial charge on any atom is -0.341 e. The van der Waals surface area contributed by atoms with E-state index in [9.17, 15) is 4.79 Å². The van der Waals surface area contributed by atoms with Gasteiger partial charge in [-0.05, 0) is 80.8 Å². The van der Waals surface area contributed by atoms with Crippen LogP contribution >= 0.6 is 38.5 Å². The van der Waals surface area contributed by atoms with Crippen LogP contribution in [0.25, 0.3) is 0 Å². The molecule has 0 N–H and O–H groups in total. The van der Waals surface area contributed by atoms with Crippen LogP contribution in [0, 0.1) is 3.57 Å². The van der Waals surface area contributed by atoms with Gasteiger partial charge < -0.3 is 4.90 Å². The Hall–Kier alpha value is -0.950. The van der Waals surface area contributed by atoms with Crippen molar-refractivity contribution in [3.8, 4) is 0 Å². The van der Waals surface area contributed by atoms with E-state index in [2.05, 4.69) is 43.5 Å². The summed E-state index contributed by atoms with van der Waals surface area (Å²) >= 11 is 5.65. The standard InChI is InChI=1S/C15H14BrIN2O/c1-19(9-6-11-4-7-18-8-5-11)15(20)13-10-12(17)2-3-14(13)16/h2-5,7-8,10H,6,9H2,1H3. The van der Waals surface area contributed by atoms with E-state index in [0.29, 0.717) is 12.1 Å². The lowest BCUT2D eigenvalue weighted by atomic mass is 10.1. The molecule has 0 aliphatic heterocycles. The Kier molecular flexibility index (Phi) is 5.54. The fourth-order valence-electron chi connectivity index (χ4n) is 1.81. The predicted octanol–water partition coefficient (Wildman–Crippen LogP) is 3.76. The molecular weight excluding hydrogens is 431 g/mol. The molecule has 1 aromatic heterocycles. The second kappa shape index (κ2) is 7.17. The highest BCUT2D eigenvalue weighted by Gasteiger charge is 2.15. The summed E-state index contributed by atoms with van der Waals surface area (Å²) in [6.45, 7) is 0.681. The van der Waals surface area contributed by atoms with E-state index >= 15 is 0 Å². The molecule has 0 fully saturated rings. The van der Waals surface area contributed by atoms with Gasteiger partial charge in [-0.25, -0.2) is 0 Å². The molecule has 0 radical (unpaired) electrons. The van der Waals surface area contributed by atoms with Gasteiger partial charge in [-0.1, -0.05) is 0 Å². The molecule has 0 aliphatic carbocycles. The van der Waals surface area contributed by atoms with Gasteiger partial charge in [0.05, 0.1) is 5.56 Å². The number of pyridine rings is 1. The number of carbonyl (C=O) groups is 1. The molecule has 20 heavy (non-hydrogen) atoms. The minimum absolute atomic E-state index is 0.0319. The third-order valence-corrected chi connectivity index (χ3v) is 4.35.